The van der Waals surface area contributed by atoms with E-state index in [1.54, 1.807) is 36.7 Å². The highest BCUT2D eigenvalue weighted by Gasteiger charge is 2.07. The number of rotatable bonds is 4. The Kier molecular flexibility index (Phi) is 4.44. The smallest absolute Gasteiger partial charge is 0.272 e. The zero-order valence-electron chi connectivity index (χ0n) is 11.9. The molecule has 3 aromatic rings. The van der Waals surface area contributed by atoms with Gasteiger partial charge in [0.1, 0.15) is 0 Å². The Morgan fingerprint density at radius 1 is 1.22 bits per heavy atom. The summed E-state index contributed by atoms with van der Waals surface area (Å²) in [6.45, 7) is 0. The van der Waals surface area contributed by atoms with Gasteiger partial charge in [0.05, 0.1) is 23.7 Å². The summed E-state index contributed by atoms with van der Waals surface area (Å²) in [4.78, 5) is 15.7. The number of benzene rings is 1. The molecular formula is C16H12ClN5O. The van der Waals surface area contributed by atoms with Crippen molar-refractivity contribution < 1.29 is 4.79 Å². The standard InChI is InChI=1S/C16H12ClN5O/c17-14-5-3-11(4-6-14)15-13(9-19-21-15)10-20-22-16(23)12-2-1-7-18-8-12/h1-10H,(H,19,21)(H,22,23). The number of amides is 1. The van der Waals surface area contributed by atoms with E-state index in [1.165, 1.54) is 12.4 Å². The number of nitrogens with one attached hydrogen (secondary N) is 2. The number of hydrogen-bond acceptors (Lipinski definition) is 4. The van der Waals surface area contributed by atoms with Crippen LogP contribution >= 0.6 is 11.6 Å². The molecule has 0 fully saturated rings. The molecule has 0 unspecified atom stereocenters. The van der Waals surface area contributed by atoms with E-state index in [0.717, 1.165) is 16.8 Å². The van der Waals surface area contributed by atoms with E-state index < -0.39 is 0 Å². The lowest BCUT2D eigenvalue weighted by molar-refractivity contribution is 0.0955. The number of aromatic nitrogens is 3. The second-order valence-corrected chi connectivity index (χ2v) is 5.08. The zero-order valence-corrected chi connectivity index (χ0v) is 12.7. The normalized spacial score (nSPS) is 10.8. The van der Waals surface area contributed by atoms with Gasteiger partial charge in [-0.25, -0.2) is 5.43 Å². The van der Waals surface area contributed by atoms with E-state index in [4.69, 9.17) is 11.6 Å². The van der Waals surface area contributed by atoms with Gasteiger partial charge in [-0.15, -0.1) is 0 Å². The van der Waals surface area contributed by atoms with Crippen LogP contribution in [0, 0.1) is 0 Å². The van der Waals surface area contributed by atoms with Crippen LogP contribution in [0.1, 0.15) is 15.9 Å². The van der Waals surface area contributed by atoms with E-state index in [-0.39, 0.29) is 5.91 Å². The lowest BCUT2D eigenvalue weighted by atomic mass is 10.1. The third kappa shape index (κ3) is 3.61. The lowest BCUT2D eigenvalue weighted by Gasteiger charge is -2.00. The molecule has 0 saturated carbocycles. The van der Waals surface area contributed by atoms with Crippen molar-refractivity contribution in [1.82, 2.24) is 20.6 Å². The summed E-state index contributed by atoms with van der Waals surface area (Å²) in [7, 11) is 0. The number of halogens is 1. The van der Waals surface area contributed by atoms with E-state index in [9.17, 15) is 4.79 Å². The molecule has 0 atom stereocenters. The minimum Gasteiger partial charge on any atom is -0.277 e. The van der Waals surface area contributed by atoms with Crippen molar-refractivity contribution >= 4 is 23.7 Å². The van der Waals surface area contributed by atoms with Gasteiger partial charge in [-0.1, -0.05) is 23.7 Å². The van der Waals surface area contributed by atoms with Crippen LogP contribution in [0.15, 0.2) is 60.1 Å². The van der Waals surface area contributed by atoms with Gasteiger partial charge in [0, 0.05) is 28.5 Å². The van der Waals surface area contributed by atoms with Crippen LogP contribution in [-0.4, -0.2) is 27.3 Å². The van der Waals surface area contributed by atoms with Gasteiger partial charge in [0.15, 0.2) is 0 Å². The first-order valence-corrected chi connectivity index (χ1v) is 7.14. The van der Waals surface area contributed by atoms with E-state index in [1.807, 2.05) is 12.1 Å². The molecule has 0 saturated heterocycles. The van der Waals surface area contributed by atoms with E-state index in [0.29, 0.717) is 10.6 Å². The molecule has 23 heavy (non-hydrogen) atoms. The molecule has 2 N–H and O–H groups in total. The Labute approximate surface area is 137 Å². The average molecular weight is 326 g/mol. The van der Waals surface area contributed by atoms with Crippen LogP contribution < -0.4 is 5.43 Å². The maximum Gasteiger partial charge on any atom is 0.272 e. The first-order chi connectivity index (χ1) is 11.2. The summed E-state index contributed by atoms with van der Waals surface area (Å²) in [5.74, 6) is -0.328. The van der Waals surface area contributed by atoms with Gasteiger partial charge >= 0.3 is 0 Å². The van der Waals surface area contributed by atoms with Gasteiger partial charge < -0.3 is 0 Å². The number of hydrogen-bond donors (Lipinski definition) is 2. The topological polar surface area (TPSA) is 83.0 Å². The van der Waals surface area contributed by atoms with Crippen molar-refractivity contribution in [3.05, 3.63) is 71.1 Å². The minimum absolute atomic E-state index is 0.328. The first-order valence-electron chi connectivity index (χ1n) is 6.77. The number of carbonyl (C=O) groups is 1. The fourth-order valence-electron chi connectivity index (χ4n) is 1.96. The number of pyridine rings is 1. The largest absolute Gasteiger partial charge is 0.277 e. The molecule has 114 valence electrons. The molecule has 1 amide bonds. The summed E-state index contributed by atoms with van der Waals surface area (Å²) in [6, 6.07) is 10.7. The Balaban J connectivity index is 1.73. The number of aromatic amines is 1. The maximum atomic E-state index is 11.9. The van der Waals surface area contributed by atoms with Crippen LogP contribution in [0.5, 0.6) is 0 Å². The van der Waals surface area contributed by atoms with Crippen molar-refractivity contribution in [3.63, 3.8) is 0 Å². The molecule has 1 aromatic carbocycles. The van der Waals surface area contributed by atoms with E-state index in [2.05, 4.69) is 25.7 Å². The molecule has 6 nitrogen and oxygen atoms in total. The van der Waals surface area contributed by atoms with Crippen LogP contribution in [0.4, 0.5) is 0 Å². The molecule has 0 aliphatic heterocycles. The molecule has 0 radical (unpaired) electrons. The van der Waals surface area contributed by atoms with Crippen molar-refractivity contribution in [2.75, 3.05) is 0 Å². The van der Waals surface area contributed by atoms with Crippen LogP contribution in [0.3, 0.4) is 0 Å². The van der Waals surface area contributed by atoms with Gasteiger partial charge in [-0.05, 0) is 24.3 Å². The molecule has 2 heterocycles. The number of carbonyl (C=O) groups excluding carboxylic acids is 1. The zero-order chi connectivity index (χ0) is 16.1. The highest BCUT2D eigenvalue weighted by Crippen LogP contribution is 2.21. The molecule has 2 aromatic heterocycles. The number of H-pyrrole nitrogens is 1. The fraction of sp³-hybridized carbons (Fsp3) is 0. The predicted molar refractivity (Wildman–Crippen MR) is 88.3 cm³/mol. The van der Waals surface area contributed by atoms with Crippen LogP contribution in [0.2, 0.25) is 5.02 Å². The monoisotopic (exact) mass is 325 g/mol. The second-order valence-electron chi connectivity index (χ2n) is 4.65. The molecular weight excluding hydrogens is 314 g/mol. The quantitative estimate of drug-likeness (QED) is 0.571. The summed E-state index contributed by atoms with van der Waals surface area (Å²) >= 11 is 5.88. The van der Waals surface area contributed by atoms with Crippen molar-refractivity contribution in [1.29, 1.82) is 0 Å². The lowest BCUT2D eigenvalue weighted by Crippen LogP contribution is -2.17. The van der Waals surface area contributed by atoms with Gasteiger partial charge in [0.25, 0.3) is 5.91 Å². The highest BCUT2D eigenvalue weighted by molar-refractivity contribution is 6.30. The third-order valence-electron chi connectivity index (χ3n) is 3.10. The number of nitrogens with zero attached hydrogens (tertiary/aromatic N) is 3. The number of hydrazone groups is 1. The van der Waals surface area contributed by atoms with Crippen molar-refractivity contribution in [3.8, 4) is 11.3 Å². The Morgan fingerprint density at radius 2 is 2.04 bits per heavy atom. The molecule has 0 bridgehead atoms. The van der Waals surface area contributed by atoms with Crippen molar-refractivity contribution in [2.24, 2.45) is 5.10 Å². The van der Waals surface area contributed by atoms with Crippen LogP contribution in [-0.2, 0) is 0 Å². The summed E-state index contributed by atoms with van der Waals surface area (Å²) in [6.07, 6.45) is 6.23. The maximum absolute atomic E-state index is 11.9. The Bertz CT molecular complexity index is 827. The fourth-order valence-corrected chi connectivity index (χ4v) is 2.09. The molecule has 0 spiro atoms. The van der Waals surface area contributed by atoms with Gasteiger partial charge in [-0.3, -0.25) is 14.9 Å². The summed E-state index contributed by atoms with van der Waals surface area (Å²) in [5.41, 5.74) is 5.36. The molecule has 0 aliphatic carbocycles. The van der Waals surface area contributed by atoms with E-state index >= 15 is 0 Å². The first kappa shape index (κ1) is 14.9. The Morgan fingerprint density at radius 3 is 2.78 bits per heavy atom. The van der Waals surface area contributed by atoms with Gasteiger partial charge in [-0.2, -0.15) is 10.2 Å². The SMILES string of the molecule is O=C(NN=Cc1cn[nH]c1-c1ccc(Cl)cc1)c1cccnc1. The molecule has 0 aliphatic rings. The van der Waals surface area contributed by atoms with Crippen molar-refractivity contribution in [2.45, 2.75) is 0 Å². The third-order valence-corrected chi connectivity index (χ3v) is 3.35. The molecule has 3 rings (SSSR count). The molecule has 7 heteroatoms. The Hall–Kier alpha value is -2.99. The van der Waals surface area contributed by atoms with Gasteiger partial charge in [0.2, 0.25) is 0 Å². The summed E-state index contributed by atoms with van der Waals surface area (Å²) < 4.78 is 0. The van der Waals surface area contributed by atoms with Crippen LogP contribution in [0.25, 0.3) is 11.3 Å². The minimum atomic E-state index is -0.328. The summed E-state index contributed by atoms with van der Waals surface area (Å²) in [5, 5.41) is 11.5. The highest BCUT2D eigenvalue weighted by atomic mass is 35.5. The second kappa shape index (κ2) is 6.85. The predicted octanol–water partition coefficient (Wildman–Crippen LogP) is 2.89. The average Bonchev–Trinajstić information content (AvgIpc) is 3.05.